The number of carbonyl (C=O) groups is 2. The predicted octanol–water partition coefficient (Wildman–Crippen LogP) is 2.54. The molecule has 0 radical (unpaired) electrons. The van der Waals surface area contributed by atoms with Crippen LogP contribution in [-0.4, -0.2) is 28.5 Å². The maximum absolute atomic E-state index is 12.5. The first-order valence-electron chi connectivity index (χ1n) is 8.56. The second-order valence-corrected chi connectivity index (χ2v) is 6.18. The van der Waals surface area contributed by atoms with Gasteiger partial charge in [0.1, 0.15) is 5.56 Å². The number of H-pyrrole nitrogens is 1. The third-order valence-electron chi connectivity index (χ3n) is 4.54. The number of fused-ring (bicyclic) bond motifs is 2. The highest BCUT2D eigenvalue weighted by Gasteiger charge is 2.34. The van der Waals surface area contributed by atoms with Crippen LogP contribution in [0, 0.1) is 0 Å². The molecule has 0 unspecified atom stereocenters. The second kappa shape index (κ2) is 6.68. The van der Waals surface area contributed by atoms with Crippen LogP contribution >= 0.6 is 0 Å². The van der Waals surface area contributed by atoms with E-state index in [1.807, 2.05) is 30.3 Å². The van der Waals surface area contributed by atoms with Gasteiger partial charge < -0.3 is 14.5 Å². The monoisotopic (exact) mass is 364 g/mol. The molecule has 4 rings (SSSR count). The summed E-state index contributed by atoms with van der Waals surface area (Å²) in [5, 5.41) is 0.897. The van der Waals surface area contributed by atoms with Crippen LogP contribution in [0.2, 0.25) is 0 Å². The summed E-state index contributed by atoms with van der Waals surface area (Å²) in [4.78, 5) is 43.8. The Balaban J connectivity index is 1.89. The Kier molecular flexibility index (Phi) is 4.19. The number of aromatic nitrogens is 2. The molecular formula is C20H16N2O5. The SMILES string of the molecule is CCOC(=O)c1c[nH]c(=O)c2c1OC(=O)C[C@@H]2c1ccc2ncccc2c1. The largest absolute Gasteiger partial charge is 0.462 e. The van der Waals surface area contributed by atoms with Gasteiger partial charge in [-0.15, -0.1) is 0 Å². The first-order valence-corrected chi connectivity index (χ1v) is 8.56. The van der Waals surface area contributed by atoms with Gasteiger partial charge in [0.05, 0.1) is 24.1 Å². The van der Waals surface area contributed by atoms with E-state index in [0.717, 1.165) is 16.5 Å². The van der Waals surface area contributed by atoms with Gasteiger partial charge in [0.15, 0.2) is 5.75 Å². The number of hydrogen-bond donors (Lipinski definition) is 1. The Morgan fingerprint density at radius 1 is 1.33 bits per heavy atom. The van der Waals surface area contributed by atoms with E-state index in [2.05, 4.69) is 9.97 Å². The number of rotatable bonds is 3. The van der Waals surface area contributed by atoms with E-state index < -0.39 is 23.4 Å². The lowest BCUT2D eigenvalue weighted by molar-refractivity contribution is -0.135. The fourth-order valence-corrected chi connectivity index (χ4v) is 3.34. The maximum atomic E-state index is 12.5. The number of hydrogen-bond acceptors (Lipinski definition) is 6. The maximum Gasteiger partial charge on any atom is 0.343 e. The van der Waals surface area contributed by atoms with E-state index in [0.29, 0.717) is 0 Å². The first-order chi connectivity index (χ1) is 13.1. The Morgan fingerprint density at radius 3 is 3.00 bits per heavy atom. The summed E-state index contributed by atoms with van der Waals surface area (Å²) in [6, 6.07) is 9.30. The summed E-state index contributed by atoms with van der Waals surface area (Å²) in [7, 11) is 0. The smallest absolute Gasteiger partial charge is 0.343 e. The van der Waals surface area contributed by atoms with Gasteiger partial charge in [-0.1, -0.05) is 12.1 Å². The third kappa shape index (κ3) is 2.97. The van der Waals surface area contributed by atoms with Crippen LogP contribution in [0.1, 0.15) is 40.7 Å². The number of pyridine rings is 2. The fraction of sp³-hybridized carbons (Fsp3) is 0.200. The molecule has 7 heteroatoms. The lowest BCUT2D eigenvalue weighted by Crippen LogP contribution is -2.30. The van der Waals surface area contributed by atoms with Crippen molar-refractivity contribution in [3.8, 4) is 5.75 Å². The molecule has 1 aliphatic rings. The predicted molar refractivity (Wildman–Crippen MR) is 96.9 cm³/mol. The van der Waals surface area contributed by atoms with Crippen LogP contribution in [0.25, 0.3) is 10.9 Å². The molecule has 0 aliphatic carbocycles. The zero-order valence-electron chi connectivity index (χ0n) is 14.5. The quantitative estimate of drug-likeness (QED) is 0.717. The highest BCUT2D eigenvalue weighted by molar-refractivity contribution is 5.95. The highest BCUT2D eigenvalue weighted by Crippen LogP contribution is 2.39. The molecule has 2 aromatic heterocycles. The van der Waals surface area contributed by atoms with E-state index in [9.17, 15) is 14.4 Å². The average Bonchev–Trinajstić information content (AvgIpc) is 2.67. The van der Waals surface area contributed by atoms with E-state index >= 15 is 0 Å². The van der Waals surface area contributed by atoms with E-state index in [1.54, 1.807) is 13.1 Å². The molecular weight excluding hydrogens is 348 g/mol. The summed E-state index contributed by atoms with van der Waals surface area (Å²) >= 11 is 0. The van der Waals surface area contributed by atoms with Crippen LogP contribution in [0.3, 0.4) is 0 Å². The summed E-state index contributed by atoms with van der Waals surface area (Å²) in [6.45, 7) is 1.84. The molecule has 1 aliphatic heterocycles. The molecule has 3 aromatic rings. The van der Waals surface area contributed by atoms with Crippen LogP contribution in [0.4, 0.5) is 0 Å². The number of nitrogens with one attached hydrogen (secondary N) is 1. The van der Waals surface area contributed by atoms with Gasteiger partial charge in [-0.05, 0) is 30.7 Å². The van der Waals surface area contributed by atoms with Gasteiger partial charge >= 0.3 is 11.9 Å². The molecule has 136 valence electrons. The Hall–Kier alpha value is -3.48. The number of ether oxygens (including phenoxy) is 2. The van der Waals surface area contributed by atoms with Crippen molar-refractivity contribution >= 4 is 22.8 Å². The van der Waals surface area contributed by atoms with E-state index in [-0.39, 0.29) is 29.9 Å². The van der Waals surface area contributed by atoms with Crippen molar-refractivity contribution in [2.75, 3.05) is 6.61 Å². The standard InChI is InChI=1S/C20H16N2O5/c1-2-26-20(25)14-10-22-19(24)17-13(9-16(23)27-18(14)17)11-5-6-15-12(8-11)4-3-7-21-15/h3-8,10,13H,2,9H2,1H3,(H,22,24)/t13-/m1/s1. The summed E-state index contributed by atoms with van der Waals surface area (Å²) in [5.74, 6) is -1.70. The normalized spacial score (nSPS) is 15.9. The Morgan fingerprint density at radius 2 is 2.19 bits per heavy atom. The molecule has 1 N–H and O–H groups in total. The molecule has 0 saturated carbocycles. The van der Waals surface area contributed by atoms with Crippen molar-refractivity contribution in [3.63, 3.8) is 0 Å². The van der Waals surface area contributed by atoms with Gasteiger partial charge in [0.25, 0.3) is 5.56 Å². The minimum atomic E-state index is -0.652. The molecule has 3 heterocycles. The molecule has 1 aromatic carbocycles. The fourth-order valence-electron chi connectivity index (χ4n) is 3.34. The van der Waals surface area contributed by atoms with Crippen LogP contribution < -0.4 is 10.3 Å². The van der Waals surface area contributed by atoms with Crippen LogP contribution in [-0.2, 0) is 9.53 Å². The zero-order valence-corrected chi connectivity index (χ0v) is 14.5. The van der Waals surface area contributed by atoms with Crippen molar-refractivity contribution in [1.29, 1.82) is 0 Å². The van der Waals surface area contributed by atoms with Gasteiger partial charge in [0.2, 0.25) is 0 Å². The molecule has 0 amide bonds. The topological polar surface area (TPSA) is 98.4 Å². The number of nitrogens with zero attached hydrogens (tertiary/aromatic N) is 1. The lowest BCUT2D eigenvalue weighted by atomic mass is 9.86. The van der Waals surface area contributed by atoms with Crippen LogP contribution in [0.15, 0.2) is 47.5 Å². The van der Waals surface area contributed by atoms with Crippen LogP contribution in [0.5, 0.6) is 5.75 Å². The number of carbonyl (C=O) groups excluding carboxylic acids is 2. The average molecular weight is 364 g/mol. The molecule has 27 heavy (non-hydrogen) atoms. The number of benzene rings is 1. The molecule has 1 atom stereocenters. The van der Waals surface area contributed by atoms with Gasteiger partial charge in [-0.2, -0.15) is 0 Å². The van der Waals surface area contributed by atoms with E-state index in [4.69, 9.17) is 9.47 Å². The molecule has 0 saturated heterocycles. The summed E-state index contributed by atoms with van der Waals surface area (Å²) in [5.41, 5.74) is 1.48. The van der Waals surface area contributed by atoms with Crippen molar-refractivity contribution in [3.05, 3.63) is 69.8 Å². The van der Waals surface area contributed by atoms with E-state index in [1.165, 1.54) is 6.20 Å². The minimum absolute atomic E-state index is 0.00806. The molecule has 0 bridgehead atoms. The second-order valence-electron chi connectivity index (χ2n) is 6.18. The number of aromatic amines is 1. The summed E-state index contributed by atoms with van der Waals surface area (Å²) < 4.78 is 10.3. The van der Waals surface area contributed by atoms with Gasteiger partial charge in [-0.3, -0.25) is 14.6 Å². The highest BCUT2D eigenvalue weighted by atomic mass is 16.5. The molecule has 0 spiro atoms. The zero-order chi connectivity index (χ0) is 19.0. The van der Waals surface area contributed by atoms with Crippen molar-refractivity contribution in [2.24, 2.45) is 0 Å². The van der Waals surface area contributed by atoms with Crippen molar-refractivity contribution < 1.29 is 19.1 Å². The summed E-state index contributed by atoms with van der Waals surface area (Å²) in [6.07, 6.45) is 2.93. The first kappa shape index (κ1) is 17.0. The van der Waals surface area contributed by atoms with Crippen molar-refractivity contribution in [2.45, 2.75) is 19.3 Å². The number of esters is 2. The molecule has 7 nitrogen and oxygen atoms in total. The molecule has 0 fully saturated rings. The van der Waals surface area contributed by atoms with Gasteiger partial charge in [0, 0.05) is 23.7 Å². The third-order valence-corrected chi connectivity index (χ3v) is 4.54. The van der Waals surface area contributed by atoms with Crippen molar-refractivity contribution in [1.82, 2.24) is 9.97 Å². The minimum Gasteiger partial charge on any atom is -0.462 e. The Bertz CT molecular complexity index is 1120. The Labute approximate surface area is 154 Å². The lowest BCUT2D eigenvalue weighted by Gasteiger charge is -2.25. The van der Waals surface area contributed by atoms with Gasteiger partial charge in [-0.25, -0.2) is 4.79 Å².